The van der Waals surface area contributed by atoms with Gasteiger partial charge in [-0.1, -0.05) is 0 Å². The molecule has 0 N–H and O–H groups in total. The molecule has 1 aliphatic carbocycles. The monoisotopic (exact) mass is 182 g/mol. The van der Waals surface area contributed by atoms with E-state index in [1.165, 1.54) is 37.4 Å². The van der Waals surface area contributed by atoms with Gasteiger partial charge in [-0.25, -0.2) is 0 Å². The van der Waals surface area contributed by atoms with Crippen molar-refractivity contribution in [2.75, 3.05) is 0 Å². The molecule has 0 heterocycles. The van der Waals surface area contributed by atoms with E-state index in [1.807, 2.05) is 0 Å². The Kier molecular flexibility index (Phi) is 2.05. The van der Waals surface area contributed by atoms with E-state index in [0.717, 1.165) is 0 Å². The van der Waals surface area contributed by atoms with Crippen LogP contribution in [0.15, 0.2) is 24.3 Å². The SMILES string of the molecule is CC[C]1([Y+2])C=CC=C1. The van der Waals surface area contributed by atoms with Crippen LogP contribution in [0.25, 0.3) is 0 Å². The Hall–Kier alpha value is 0.584. The first-order valence-electron chi connectivity index (χ1n) is 2.93. The molecule has 1 rings (SSSR count). The Balaban J connectivity index is 2.69. The Morgan fingerprint density at radius 1 is 1.38 bits per heavy atom. The summed E-state index contributed by atoms with van der Waals surface area (Å²) in [4.78, 5) is 0. The molecular weight excluding hydrogens is 173 g/mol. The zero-order chi connectivity index (χ0) is 6.04. The third-order valence-electron chi connectivity index (χ3n) is 1.54. The summed E-state index contributed by atoms with van der Waals surface area (Å²) < 4.78 is 0.505. The molecule has 0 saturated carbocycles. The van der Waals surface area contributed by atoms with Crippen molar-refractivity contribution in [2.45, 2.75) is 15.6 Å². The van der Waals surface area contributed by atoms with Crippen LogP contribution in [-0.2, 0) is 31.0 Å². The van der Waals surface area contributed by atoms with E-state index in [4.69, 9.17) is 0 Å². The van der Waals surface area contributed by atoms with Crippen LogP contribution in [0.4, 0.5) is 0 Å². The van der Waals surface area contributed by atoms with E-state index in [1.54, 1.807) is 0 Å². The molecule has 8 heavy (non-hydrogen) atoms. The molecule has 0 aromatic heterocycles. The van der Waals surface area contributed by atoms with Crippen molar-refractivity contribution < 1.29 is 31.0 Å². The Morgan fingerprint density at radius 2 is 1.88 bits per heavy atom. The van der Waals surface area contributed by atoms with Crippen molar-refractivity contribution >= 4 is 0 Å². The summed E-state index contributed by atoms with van der Waals surface area (Å²) in [7, 11) is 0. The first-order chi connectivity index (χ1) is 3.77. The van der Waals surface area contributed by atoms with Gasteiger partial charge in [0, 0.05) is 0 Å². The van der Waals surface area contributed by atoms with Gasteiger partial charge in [-0.05, 0) is 0 Å². The van der Waals surface area contributed by atoms with Crippen molar-refractivity contribution in [1.29, 1.82) is 0 Å². The number of hydrogen-bond donors (Lipinski definition) is 0. The van der Waals surface area contributed by atoms with Gasteiger partial charge in [0.1, 0.15) is 0 Å². The summed E-state index contributed by atoms with van der Waals surface area (Å²) in [6.45, 7) is 2.24. The molecule has 0 aliphatic heterocycles. The molecule has 0 bridgehead atoms. The van der Waals surface area contributed by atoms with E-state index in [-0.39, 0.29) is 0 Å². The molecule has 0 fully saturated rings. The van der Waals surface area contributed by atoms with E-state index >= 15 is 0 Å². The Labute approximate surface area is 70.5 Å². The maximum absolute atomic E-state index is 2.30. The molecule has 0 nitrogen and oxygen atoms in total. The molecule has 0 aromatic carbocycles. The minimum atomic E-state index is 0.505. The van der Waals surface area contributed by atoms with Crippen LogP contribution in [0.3, 0.4) is 0 Å². The van der Waals surface area contributed by atoms with Crippen LogP contribution in [0.2, 0.25) is 2.23 Å². The van der Waals surface area contributed by atoms with Gasteiger partial charge in [0.05, 0.1) is 0 Å². The predicted molar refractivity (Wildman–Crippen MR) is 31.3 cm³/mol. The zero-order valence-electron chi connectivity index (χ0n) is 5.09. The van der Waals surface area contributed by atoms with Gasteiger partial charge in [-0.15, -0.1) is 0 Å². The van der Waals surface area contributed by atoms with Crippen LogP contribution < -0.4 is 0 Å². The van der Waals surface area contributed by atoms with Crippen molar-refractivity contribution in [1.82, 2.24) is 0 Å². The first kappa shape index (κ1) is 6.70. The average Bonchev–Trinajstić information content (AvgIpc) is 2.17. The van der Waals surface area contributed by atoms with Gasteiger partial charge in [0.2, 0.25) is 0 Å². The van der Waals surface area contributed by atoms with Gasteiger partial charge in [-0.2, -0.15) is 0 Å². The molecule has 0 atom stereocenters. The molecule has 0 unspecified atom stereocenters. The molecule has 1 aliphatic rings. The predicted octanol–water partition coefficient (Wildman–Crippen LogP) is 2.23. The molecule has 0 aromatic rings. The van der Waals surface area contributed by atoms with E-state index in [9.17, 15) is 0 Å². The summed E-state index contributed by atoms with van der Waals surface area (Å²) in [6, 6.07) is 0. The van der Waals surface area contributed by atoms with Gasteiger partial charge in [0.25, 0.3) is 0 Å². The topological polar surface area (TPSA) is 0 Å². The third-order valence-corrected chi connectivity index (χ3v) is 3.49. The Morgan fingerprint density at radius 3 is 2.12 bits per heavy atom. The van der Waals surface area contributed by atoms with E-state index in [2.05, 4.69) is 31.2 Å². The van der Waals surface area contributed by atoms with Crippen LogP contribution >= 0.6 is 0 Å². The molecule has 0 amide bonds. The van der Waals surface area contributed by atoms with Gasteiger partial charge >= 0.3 is 70.8 Å². The van der Waals surface area contributed by atoms with Gasteiger partial charge < -0.3 is 0 Å². The van der Waals surface area contributed by atoms with Crippen molar-refractivity contribution in [3.63, 3.8) is 0 Å². The second-order valence-electron chi connectivity index (χ2n) is 2.18. The Bertz CT molecular complexity index is 121. The number of rotatable bonds is 1. The van der Waals surface area contributed by atoms with Gasteiger partial charge in [0.15, 0.2) is 0 Å². The summed E-state index contributed by atoms with van der Waals surface area (Å²) in [5, 5.41) is 0. The molecule has 0 radical (unpaired) electrons. The van der Waals surface area contributed by atoms with Crippen LogP contribution in [0.1, 0.15) is 13.3 Å². The number of allylic oxidation sites excluding steroid dienone is 4. The fraction of sp³-hybridized carbons (Fsp3) is 0.429. The fourth-order valence-electron chi connectivity index (χ4n) is 0.761. The third kappa shape index (κ3) is 1.30. The number of hydrogen-bond acceptors (Lipinski definition) is 0. The van der Waals surface area contributed by atoms with Crippen molar-refractivity contribution in [3.05, 3.63) is 24.3 Å². The summed E-state index contributed by atoms with van der Waals surface area (Å²) >= 11 is 1.32. The summed E-state index contributed by atoms with van der Waals surface area (Å²) in [6.07, 6.45) is 10.2. The molecule has 38 valence electrons. The first-order valence-corrected chi connectivity index (χ1v) is 4.35. The summed E-state index contributed by atoms with van der Waals surface area (Å²) in [5.74, 6) is 0. The standard InChI is InChI=1S/C7H9.Y/c1-2-7-5-3-4-6-7;/h3-6H,2H2,1H3;/q;+2. The molecule has 0 spiro atoms. The quantitative estimate of drug-likeness (QED) is 0.583. The van der Waals surface area contributed by atoms with Crippen LogP contribution in [0, 0.1) is 0 Å². The van der Waals surface area contributed by atoms with Gasteiger partial charge in [-0.3, -0.25) is 0 Å². The second kappa shape index (κ2) is 2.45. The summed E-state index contributed by atoms with van der Waals surface area (Å²) in [5.41, 5.74) is 0. The molecular formula is C7H9Y+2. The normalized spacial score (nSPS) is 22.4. The van der Waals surface area contributed by atoms with Crippen LogP contribution in [0.5, 0.6) is 0 Å². The van der Waals surface area contributed by atoms with E-state index in [0.29, 0.717) is 2.23 Å². The fourth-order valence-corrected chi connectivity index (χ4v) is 1.31. The second-order valence-corrected chi connectivity index (χ2v) is 4.83. The zero-order valence-corrected chi connectivity index (χ0v) is 7.93. The molecule has 0 saturated heterocycles. The average molecular weight is 182 g/mol. The maximum atomic E-state index is 2.30. The van der Waals surface area contributed by atoms with Crippen molar-refractivity contribution in [3.8, 4) is 0 Å². The minimum absolute atomic E-state index is 0.505. The van der Waals surface area contributed by atoms with Crippen molar-refractivity contribution in [2.24, 2.45) is 0 Å². The van der Waals surface area contributed by atoms with E-state index < -0.39 is 0 Å². The molecule has 1 heteroatoms. The van der Waals surface area contributed by atoms with Crippen LogP contribution in [-0.4, -0.2) is 0 Å².